The second kappa shape index (κ2) is 7.71. The van der Waals surface area contributed by atoms with Crippen LogP contribution in [0.5, 0.6) is 5.75 Å². The largest absolute Gasteiger partial charge is 0.497 e. The van der Waals surface area contributed by atoms with Crippen LogP contribution in [0.2, 0.25) is 0 Å². The molecule has 1 amide bonds. The molecule has 4 nitrogen and oxygen atoms in total. The fraction of sp³-hybridized carbons (Fsp3) is 0.500. The van der Waals surface area contributed by atoms with Crippen molar-refractivity contribution in [2.75, 3.05) is 33.3 Å². The van der Waals surface area contributed by atoms with E-state index < -0.39 is 0 Å². The van der Waals surface area contributed by atoms with Gasteiger partial charge in [0.1, 0.15) is 5.75 Å². The highest BCUT2D eigenvalue weighted by molar-refractivity contribution is 5.94. The van der Waals surface area contributed by atoms with Crippen LogP contribution in [-0.4, -0.2) is 44.1 Å². The lowest BCUT2D eigenvalue weighted by Crippen LogP contribution is -2.34. The molecule has 0 atom stereocenters. The lowest BCUT2D eigenvalue weighted by molar-refractivity contribution is 0.0948. The summed E-state index contributed by atoms with van der Waals surface area (Å²) < 4.78 is 5.09. The zero-order valence-electron chi connectivity index (χ0n) is 11.4. The molecule has 0 aromatic heterocycles. The summed E-state index contributed by atoms with van der Waals surface area (Å²) in [5.74, 6) is 0.646. The number of nitrogens with zero attached hydrogens (tertiary/aromatic N) is 1. The van der Waals surface area contributed by atoms with Gasteiger partial charge in [-0.25, -0.2) is 0 Å². The molecule has 0 fully saturated rings. The predicted octanol–water partition coefficient (Wildman–Crippen LogP) is 1.77. The van der Waals surface area contributed by atoms with E-state index in [2.05, 4.69) is 24.1 Å². The smallest absolute Gasteiger partial charge is 0.251 e. The van der Waals surface area contributed by atoms with Gasteiger partial charge in [0.05, 0.1) is 7.11 Å². The number of likely N-dealkylation sites (N-methyl/N-ethyl adjacent to an activating group) is 1. The zero-order chi connectivity index (χ0) is 13.4. The van der Waals surface area contributed by atoms with E-state index >= 15 is 0 Å². The Morgan fingerprint density at radius 1 is 1.33 bits per heavy atom. The lowest BCUT2D eigenvalue weighted by atomic mass is 10.2. The Balaban J connectivity index is 2.45. The van der Waals surface area contributed by atoms with Crippen LogP contribution in [0.15, 0.2) is 24.3 Å². The van der Waals surface area contributed by atoms with Gasteiger partial charge in [0.2, 0.25) is 0 Å². The van der Waals surface area contributed by atoms with Crippen molar-refractivity contribution in [2.24, 2.45) is 0 Å². The minimum Gasteiger partial charge on any atom is -0.497 e. The van der Waals surface area contributed by atoms with Crippen LogP contribution in [0.1, 0.15) is 24.2 Å². The van der Waals surface area contributed by atoms with Gasteiger partial charge in [0, 0.05) is 18.7 Å². The Kier molecular flexibility index (Phi) is 6.22. The van der Waals surface area contributed by atoms with Crippen molar-refractivity contribution in [2.45, 2.75) is 13.8 Å². The molecule has 100 valence electrons. The van der Waals surface area contributed by atoms with E-state index in [1.807, 2.05) is 12.1 Å². The molecule has 0 saturated heterocycles. The summed E-state index contributed by atoms with van der Waals surface area (Å²) in [6.45, 7) is 7.79. The minimum absolute atomic E-state index is 0.0546. The lowest BCUT2D eigenvalue weighted by Gasteiger charge is -2.17. The maximum Gasteiger partial charge on any atom is 0.251 e. The first-order chi connectivity index (χ1) is 8.71. The van der Waals surface area contributed by atoms with Crippen molar-refractivity contribution in [1.29, 1.82) is 0 Å². The molecule has 0 aliphatic carbocycles. The van der Waals surface area contributed by atoms with Crippen LogP contribution in [0.25, 0.3) is 0 Å². The Morgan fingerprint density at radius 3 is 2.67 bits per heavy atom. The first-order valence-corrected chi connectivity index (χ1v) is 6.35. The molecular formula is C14H22N2O2. The third-order valence-electron chi connectivity index (χ3n) is 2.94. The van der Waals surface area contributed by atoms with E-state index in [1.165, 1.54) is 0 Å². The molecule has 18 heavy (non-hydrogen) atoms. The van der Waals surface area contributed by atoms with Gasteiger partial charge in [-0.3, -0.25) is 4.79 Å². The third kappa shape index (κ3) is 4.37. The molecule has 0 radical (unpaired) electrons. The van der Waals surface area contributed by atoms with E-state index in [9.17, 15) is 4.79 Å². The molecule has 1 rings (SSSR count). The molecular weight excluding hydrogens is 228 g/mol. The molecule has 0 aliphatic rings. The van der Waals surface area contributed by atoms with Crippen LogP contribution in [-0.2, 0) is 0 Å². The highest BCUT2D eigenvalue weighted by Gasteiger charge is 2.06. The van der Waals surface area contributed by atoms with E-state index in [-0.39, 0.29) is 5.91 Å². The Morgan fingerprint density at radius 2 is 2.06 bits per heavy atom. The summed E-state index contributed by atoms with van der Waals surface area (Å²) in [6.07, 6.45) is 0. The summed E-state index contributed by atoms with van der Waals surface area (Å²) >= 11 is 0. The normalized spacial score (nSPS) is 10.4. The van der Waals surface area contributed by atoms with Crippen LogP contribution >= 0.6 is 0 Å². The molecule has 0 bridgehead atoms. The molecule has 4 heteroatoms. The molecule has 1 N–H and O–H groups in total. The summed E-state index contributed by atoms with van der Waals surface area (Å²) in [6, 6.07) is 7.17. The maximum absolute atomic E-state index is 11.9. The first kappa shape index (κ1) is 14.5. The second-order valence-electron chi connectivity index (χ2n) is 4.01. The Bertz CT molecular complexity index is 376. The second-order valence-corrected chi connectivity index (χ2v) is 4.01. The molecule has 0 unspecified atom stereocenters. The van der Waals surface area contributed by atoms with E-state index in [1.54, 1.807) is 19.2 Å². The number of amides is 1. The Labute approximate surface area is 109 Å². The Hall–Kier alpha value is -1.55. The van der Waals surface area contributed by atoms with Crippen LogP contribution < -0.4 is 10.1 Å². The molecule has 1 aromatic rings. The highest BCUT2D eigenvalue weighted by Crippen LogP contribution is 2.12. The van der Waals surface area contributed by atoms with Crippen molar-refractivity contribution in [3.63, 3.8) is 0 Å². The van der Waals surface area contributed by atoms with Gasteiger partial charge in [0.25, 0.3) is 5.91 Å². The number of hydrogen-bond donors (Lipinski definition) is 1. The number of methoxy groups -OCH3 is 1. The van der Waals surface area contributed by atoms with Gasteiger partial charge in [-0.15, -0.1) is 0 Å². The van der Waals surface area contributed by atoms with Gasteiger partial charge in [0.15, 0.2) is 0 Å². The highest BCUT2D eigenvalue weighted by atomic mass is 16.5. The quantitative estimate of drug-likeness (QED) is 0.802. The average Bonchev–Trinajstić information content (AvgIpc) is 2.43. The maximum atomic E-state index is 11.9. The number of benzene rings is 1. The van der Waals surface area contributed by atoms with Gasteiger partial charge in [-0.1, -0.05) is 19.9 Å². The summed E-state index contributed by atoms with van der Waals surface area (Å²) in [7, 11) is 1.59. The SMILES string of the molecule is CCN(CC)CCNC(=O)c1cccc(OC)c1. The topological polar surface area (TPSA) is 41.6 Å². The number of rotatable bonds is 7. The van der Waals surface area contributed by atoms with E-state index in [0.717, 1.165) is 19.6 Å². The monoisotopic (exact) mass is 250 g/mol. The van der Waals surface area contributed by atoms with Crippen molar-refractivity contribution in [1.82, 2.24) is 10.2 Å². The number of ether oxygens (including phenoxy) is 1. The van der Waals surface area contributed by atoms with Crippen molar-refractivity contribution >= 4 is 5.91 Å². The van der Waals surface area contributed by atoms with Crippen molar-refractivity contribution < 1.29 is 9.53 Å². The third-order valence-corrected chi connectivity index (χ3v) is 2.94. The van der Waals surface area contributed by atoms with Crippen LogP contribution in [0.4, 0.5) is 0 Å². The number of hydrogen-bond acceptors (Lipinski definition) is 3. The molecule has 0 aliphatic heterocycles. The number of nitrogens with one attached hydrogen (secondary N) is 1. The fourth-order valence-corrected chi connectivity index (χ4v) is 1.73. The van der Waals surface area contributed by atoms with Gasteiger partial charge < -0.3 is 15.0 Å². The van der Waals surface area contributed by atoms with Crippen LogP contribution in [0.3, 0.4) is 0 Å². The van der Waals surface area contributed by atoms with Crippen molar-refractivity contribution in [3.05, 3.63) is 29.8 Å². The molecule has 0 saturated carbocycles. The van der Waals surface area contributed by atoms with Crippen molar-refractivity contribution in [3.8, 4) is 5.75 Å². The number of carbonyl (C=O) groups is 1. The summed E-state index contributed by atoms with van der Waals surface area (Å²) in [5.41, 5.74) is 0.633. The molecule has 0 spiro atoms. The zero-order valence-corrected chi connectivity index (χ0v) is 11.4. The fourth-order valence-electron chi connectivity index (χ4n) is 1.73. The number of carbonyl (C=O) groups excluding carboxylic acids is 1. The predicted molar refractivity (Wildman–Crippen MR) is 73.1 cm³/mol. The van der Waals surface area contributed by atoms with E-state index in [4.69, 9.17) is 4.74 Å². The summed E-state index contributed by atoms with van der Waals surface area (Å²) in [5, 5.41) is 2.91. The minimum atomic E-state index is -0.0546. The van der Waals surface area contributed by atoms with Gasteiger partial charge in [-0.2, -0.15) is 0 Å². The molecule has 0 heterocycles. The first-order valence-electron chi connectivity index (χ1n) is 6.35. The standard InChI is InChI=1S/C14H22N2O2/c1-4-16(5-2)10-9-15-14(17)12-7-6-8-13(11-12)18-3/h6-8,11H,4-5,9-10H2,1-3H3,(H,15,17). The molecule has 1 aromatic carbocycles. The van der Waals surface area contributed by atoms with Gasteiger partial charge in [-0.05, 0) is 31.3 Å². The summed E-state index contributed by atoms with van der Waals surface area (Å²) in [4.78, 5) is 14.2. The van der Waals surface area contributed by atoms with E-state index in [0.29, 0.717) is 17.9 Å². The van der Waals surface area contributed by atoms with Crippen LogP contribution in [0, 0.1) is 0 Å². The van der Waals surface area contributed by atoms with Gasteiger partial charge >= 0.3 is 0 Å². The average molecular weight is 250 g/mol.